The second-order valence-corrected chi connectivity index (χ2v) is 27.6. The fourth-order valence-electron chi connectivity index (χ4n) is 12.8. The number of hydrogen-bond acceptors (Lipinski definition) is 9. The zero-order valence-electron chi connectivity index (χ0n) is 47.5. The van der Waals surface area contributed by atoms with Crippen LogP contribution < -0.4 is 46.7 Å². The average Bonchev–Trinajstić information content (AvgIpc) is 4.15. The molecule has 3 heterocycles. The van der Waals surface area contributed by atoms with Gasteiger partial charge in [0.1, 0.15) is 21.7 Å². The van der Waals surface area contributed by atoms with Gasteiger partial charge in [-0.05, 0) is 168 Å². The Bertz CT molecular complexity index is 3750. The lowest BCUT2D eigenvalue weighted by Crippen LogP contribution is -2.63. The van der Waals surface area contributed by atoms with E-state index in [0.717, 1.165) is 81.7 Å². The van der Waals surface area contributed by atoms with E-state index in [9.17, 15) is 29.7 Å². The first-order valence-corrected chi connectivity index (χ1v) is 31.5. The van der Waals surface area contributed by atoms with Crippen molar-refractivity contribution in [3.8, 4) is 0 Å². The van der Waals surface area contributed by atoms with Gasteiger partial charge in [-0.15, -0.1) is 0 Å². The number of allylic oxidation sites excluding steroid dienone is 1. The maximum atomic E-state index is 12.8. The first-order chi connectivity index (χ1) is 38.4. The summed E-state index contributed by atoms with van der Waals surface area (Å²) in [6, 6.07) is 40.9. The van der Waals surface area contributed by atoms with Gasteiger partial charge in [-0.1, -0.05) is 119 Å². The second kappa shape index (κ2) is 24.8. The van der Waals surface area contributed by atoms with Gasteiger partial charge in [-0.2, -0.15) is 0 Å². The van der Waals surface area contributed by atoms with Gasteiger partial charge < -0.3 is 30.3 Å². The van der Waals surface area contributed by atoms with Gasteiger partial charge in [0.05, 0.1) is 0 Å². The Labute approximate surface area is 480 Å². The van der Waals surface area contributed by atoms with Crippen LogP contribution in [0, 0.1) is 0 Å². The van der Waals surface area contributed by atoms with Crippen LogP contribution in [0.3, 0.4) is 0 Å². The predicted octanol–water partition coefficient (Wildman–Crippen LogP) is 5.44. The molecule has 14 heteroatoms. The van der Waals surface area contributed by atoms with Crippen molar-refractivity contribution >= 4 is 88.1 Å². The van der Waals surface area contributed by atoms with E-state index in [1.807, 2.05) is 36.4 Å². The van der Waals surface area contributed by atoms with E-state index in [0.29, 0.717) is 87.1 Å². The molecule has 0 fully saturated rings. The van der Waals surface area contributed by atoms with Gasteiger partial charge in [-0.3, -0.25) is 19.4 Å². The molecule has 0 spiro atoms. The fourth-order valence-corrected chi connectivity index (χ4v) is 15.8. The van der Waals surface area contributed by atoms with Crippen LogP contribution in [-0.2, 0) is 48.6 Å². The van der Waals surface area contributed by atoms with Gasteiger partial charge in [-0.25, -0.2) is 4.58 Å². The quantitative estimate of drug-likeness (QED) is 0.0198. The van der Waals surface area contributed by atoms with E-state index in [1.54, 1.807) is 26.0 Å². The molecular weight excluding hydrogens is 1020 g/mol. The number of carbonyl (C=O) groups excluding carboxylic acids is 2. The topological polar surface area (TPSA) is 140 Å². The summed E-state index contributed by atoms with van der Waals surface area (Å²) in [5.41, 5.74) is 13.7. The van der Waals surface area contributed by atoms with E-state index in [2.05, 4.69) is 132 Å². The minimum absolute atomic E-state index is 0. The Kier molecular flexibility index (Phi) is 18.0. The number of nitrogens with one attached hydrogen (secondary N) is 1. The molecule has 7 aromatic carbocycles. The minimum atomic E-state index is -2.26. The molecule has 0 saturated carbocycles. The third kappa shape index (κ3) is 12.1. The van der Waals surface area contributed by atoms with Gasteiger partial charge >= 0.3 is 14.2 Å². The largest absolute Gasteiger partial charge is 0.488 e. The van der Waals surface area contributed by atoms with E-state index < -0.39 is 22.3 Å². The average molecular weight is 1100 g/mol. The standard InChI is InChI=1S/C66H75B2N5O6Si.CH4/c1-43(2)62(74)24-15-16-30-72(39-48-18-9-13-22-58(48)67(76)77)42-57-51-21-12-11-20-50(51)56(41-73(31-17-29-69-66(75)44(3)4)40-49-19-10-14-23-59(49)68(78)79)52-26-25-47(36-53(52)57)65-54-34-45-27-32-70(5)60(45)37-63(54)80(7,8)64-38-61-46(35-55(64)65)28-33-71(61)6;/h9-14,18-23,25-26,34-38,76-79H,1,3,15-17,24,27-33,39-42H2,2,4-8H3;1H4/p+1. The molecular formula is C67H80B2N5O6Si+. The Morgan fingerprint density at radius 2 is 1.27 bits per heavy atom. The van der Waals surface area contributed by atoms with Crippen molar-refractivity contribution in [1.82, 2.24) is 19.7 Å². The highest BCUT2D eigenvalue weighted by Gasteiger charge is 2.39. The molecule has 418 valence electrons. The molecule has 0 aliphatic carbocycles. The molecule has 0 radical (unpaired) electrons. The summed E-state index contributed by atoms with van der Waals surface area (Å²) in [7, 11) is -1.11. The minimum Gasteiger partial charge on any atom is -0.423 e. The first kappa shape index (κ1) is 58.9. The van der Waals surface area contributed by atoms with Crippen molar-refractivity contribution in [3.63, 3.8) is 0 Å². The third-order valence-corrected chi connectivity index (χ3v) is 20.8. The van der Waals surface area contributed by atoms with E-state index in [-0.39, 0.29) is 19.1 Å². The number of unbranched alkanes of at least 4 members (excludes halogenated alkanes) is 1. The summed E-state index contributed by atoms with van der Waals surface area (Å²) < 4.78 is 2.41. The lowest BCUT2D eigenvalue weighted by atomic mass is 9.77. The Morgan fingerprint density at radius 3 is 1.89 bits per heavy atom. The SMILES string of the molecule is C.C=C(C)C(=O)CCCCN(Cc1ccccc1B(O)O)Cc1c2ccccc2c(CN(CCCNC(=O)C(=C)C)Cc2ccccc2B(O)O)c2ccc(C3=c4cc5c(cc4[Si](C)(C)c4cc6c(cc43)CCN6C)=[N+](C)CC5)cc12. The molecule has 3 aliphatic heterocycles. The molecule has 5 N–H and O–H groups in total. The second-order valence-electron chi connectivity index (χ2n) is 23.3. The number of nitrogens with zero attached hydrogens (tertiary/aromatic N) is 4. The number of likely N-dealkylation sites (N-methyl/N-ethyl adjacent to an activating group) is 2. The molecule has 3 aliphatic rings. The number of ketones is 1. The molecule has 7 aromatic rings. The summed E-state index contributed by atoms with van der Waals surface area (Å²) in [5.74, 6) is -0.116. The van der Waals surface area contributed by atoms with Crippen LogP contribution in [0.1, 0.15) is 91.5 Å². The van der Waals surface area contributed by atoms with Gasteiger partial charge in [0.2, 0.25) is 11.3 Å². The van der Waals surface area contributed by atoms with Crippen molar-refractivity contribution in [2.75, 3.05) is 51.7 Å². The van der Waals surface area contributed by atoms with Crippen molar-refractivity contribution < 1.29 is 29.7 Å². The van der Waals surface area contributed by atoms with Gasteiger partial charge in [0.15, 0.2) is 5.78 Å². The maximum absolute atomic E-state index is 12.8. The molecule has 11 nitrogen and oxygen atoms in total. The van der Waals surface area contributed by atoms with Crippen LogP contribution >= 0.6 is 0 Å². The zero-order valence-corrected chi connectivity index (χ0v) is 48.5. The number of rotatable bonds is 22. The van der Waals surface area contributed by atoms with Crippen molar-refractivity contribution in [1.29, 1.82) is 0 Å². The van der Waals surface area contributed by atoms with Crippen LogP contribution in [0.25, 0.3) is 27.1 Å². The fraction of sp³-hybridized carbons (Fsp3) is 0.328. The van der Waals surface area contributed by atoms with Crippen molar-refractivity contribution in [2.45, 2.75) is 99.1 Å². The van der Waals surface area contributed by atoms with Crippen LogP contribution in [0.5, 0.6) is 0 Å². The summed E-state index contributed by atoms with van der Waals surface area (Å²) in [5, 5.41) is 55.5. The van der Waals surface area contributed by atoms with E-state index >= 15 is 0 Å². The molecule has 0 saturated heterocycles. The molecule has 10 rings (SSSR count). The third-order valence-electron chi connectivity index (χ3n) is 17.3. The van der Waals surface area contributed by atoms with Crippen molar-refractivity contribution in [2.24, 2.45) is 0 Å². The number of fused-ring (bicyclic) bond motifs is 6. The van der Waals surface area contributed by atoms with Crippen LogP contribution in [0.2, 0.25) is 13.1 Å². The monoisotopic (exact) mass is 1100 g/mol. The number of anilines is 1. The Morgan fingerprint density at radius 1 is 0.679 bits per heavy atom. The van der Waals surface area contributed by atoms with E-state index in [1.165, 1.54) is 48.9 Å². The summed E-state index contributed by atoms with van der Waals surface area (Å²) in [4.78, 5) is 32.7. The lowest BCUT2D eigenvalue weighted by molar-refractivity contribution is -0.117. The number of amides is 1. The molecule has 0 atom stereocenters. The van der Waals surface area contributed by atoms with E-state index in [4.69, 9.17) is 0 Å². The van der Waals surface area contributed by atoms with Crippen molar-refractivity contribution in [3.05, 3.63) is 195 Å². The first-order valence-electron chi connectivity index (χ1n) is 28.5. The molecule has 1 amide bonds. The number of benzene rings is 7. The summed E-state index contributed by atoms with van der Waals surface area (Å²) >= 11 is 0. The highest BCUT2D eigenvalue weighted by Crippen LogP contribution is 2.39. The Balaban J connectivity index is 0.00000792. The van der Waals surface area contributed by atoms with Gasteiger partial charge in [0, 0.05) is 88.6 Å². The normalized spacial score (nSPS) is 14.0. The smallest absolute Gasteiger partial charge is 0.423 e. The highest BCUT2D eigenvalue weighted by molar-refractivity contribution is 7.01. The number of hydrogen-bond donors (Lipinski definition) is 5. The van der Waals surface area contributed by atoms with Gasteiger partial charge in [0.25, 0.3) is 0 Å². The van der Waals surface area contributed by atoms with Crippen LogP contribution in [0.15, 0.2) is 140 Å². The zero-order chi connectivity index (χ0) is 56.6. The number of carbonyl (C=O) groups is 2. The number of Topliss-reactive ketones (excluding diaryl/α,β-unsaturated/α-hetero) is 1. The molecule has 0 bridgehead atoms. The maximum Gasteiger partial charge on any atom is 0.488 e. The summed E-state index contributed by atoms with van der Waals surface area (Å²) in [6.07, 6.45) is 4.50. The highest BCUT2D eigenvalue weighted by atomic mass is 28.3. The summed E-state index contributed by atoms with van der Waals surface area (Å²) in [6.45, 7) is 21.9. The predicted molar refractivity (Wildman–Crippen MR) is 338 cm³/mol. The molecule has 0 unspecified atom stereocenters. The molecule has 0 aromatic heterocycles. The molecule has 81 heavy (non-hydrogen) atoms. The Hall–Kier alpha value is -6.74. The lowest BCUT2D eigenvalue weighted by Gasteiger charge is -2.34. The van der Waals surface area contributed by atoms with Crippen LogP contribution in [0.4, 0.5) is 5.69 Å². The van der Waals surface area contributed by atoms with Crippen LogP contribution in [-0.4, -0.2) is 111 Å².